The molecule has 1 atom stereocenters. The molecule has 130 valence electrons. The van der Waals surface area contributed by atoms with Gasteiger partial charge in [0.1, 0.15) is 5.76 Å². The first-order valence-corrected chi connectivity index (χ1v) is 10.6. The smallest absolute Gasteiger partial charge is 0.236 e. The Balaban J connectivity index is 1.80. The fourth-order valence-corrected chi connectivity index (χ4v) is 5.55. The molecule has 0 spiro atoms. The Morgan fingerprint density at radius 1 is 1.46 bits per heavy atom. The van der Waals surface area contributed by atoms with Gasteiger partial charge in [-0.25, -0.2) is 13.4 Å². The number of aryl methyl sites for hydroxylation is 2. The Morgan fingerprint density at radius 2 is 2.25 bits per heavy atom. The van der Waals surface area contributed by atoms with E-state index in [0.717, 1.165) is 16.3 Å². The molecular weight excluding hydrogens is 344 g/mol. The molecule has 2 aromatic rings. The van der Waals surface area contributed by atoms with Crippen LogP contribution in [0.15, 0.2) is 29.2 Å². The van der Waals surface area contributed by atoms with Gasteiger partial charge in [-0.1, -0.05) is 6.08 Å². The molecular formula is C17H22N2O3S2. The molecule has 3 rings (SSSR count). The average Bonchev–Trinajstić information content (AvgIpc) is 3.19. The van der Waals surface area contributed by atoms with Crippen molar-refractivity contribution in [3.63, 3.8) is 0 Å². The lowest BCUT2D eigenvalue weighted by molar-refractivity contribution is 0.223. The summed E-state index contributed by atoms with van der Waals surface area (Å²) in [6.45, 7) is 8.97. The van der Waals surface area contributed by atoms with Crippen molar-refractivity contribution in [2.75, 3.05) is 18.1 Å². The van der Waals surface area contributed by atoms with Crippen LogP contribution in [-0.4, -0.2) is 42.4 Å². The number of thiophene rings is 1. The van der Waals surface area contributed by atoms with Crippen LogP contribution in [0.4, 0.5) is 0 Å². The molecule has 0 bridgehead atoms. The number of sulfone groups is 1. The summed E-state index contributed by atoms with van der Waals surface area (Å²) in [6, 6.07) is 4.09. The maximum Gasteiger partial charge on any atom is 0.236 e. The third-order valence-corrected chi connectivity index (χ3v) is 7.02. The van der Waals surface area contributed by atoms with Crippen LogP contribution in [0, 0.1) is 13.8 Å². The van der Waals surface area contributed by atoms with E-state index in [0.29, 0.717) is 25.4 Å². The Labute approximate surface area is 146 Å². The van der Waals surface area contributed by atoms with Crippen molar-refractivity contribution in [3.8, 4) is 10.8 Å². The van der Waals surface area contributed by atoms with E-state index in [1.807, 2.05) is 25.1 Å². The maximum atomic E-state index is 11.8. The van der Waals surface area contributed by atoms with E-state index in [4.69, 9.17) is 4.42 Å². The molecule has 0 unspecified atom stereocenters. The molecule has 1 aliphatic heterocycles. The quantitative estimate of drug-likeness (QED) is 0.735. The largest absolute Gasteiger partial charge is 0.440 e. The molecule has 0 amide bonds. The number of rotatable bonds is 6. The summed E-state index contributed by atoms with van der Waals surface area (Å²) < 4.78 is 29.4. The van der Waals surface area contributed by atoms with Gasteiger partial charge in [-0.3, -0.25) is 4.90 Å². The summed E-state index contributed by atoms with van der Waals surface area (Å²) in [5.74, 6) is 1.90. The molecule has 0 radical (unpaired) electrons. The van der Waals surface area contributed by atoms with Crippen molar-refractivity contribution in [1.29, 1.82) is 0 Å². The van der Waals surface area contributed by atoms with Crippen LogP contribution in [0.1, 0.15) is 22.8 Å². The predicted octanol–water partition coefficient (Wildman–Crippen LogP) is 3.20. The first-order chi connectivity index (χ1) is 11.4. The highest BCUT2D eigenvalue weighted by atomic mass is 32.2. The van der Waals surface area contributed by atoms with Crippen LogP contribution >= 0.6 is 11.3 Å². The van der Waals surface area contributed by atoms with Crippen LogP contribution in [0.2, 0.25) is 0 Å². The van der Waals surface area contributed by atoms with Crippen LogP contribution in [0.25, 0.3) is 10.8 Å². The maximum absolute atomic E-state index is 11.8. The molecule has 0 aromatic carbocycles. The first kappa shape index (κ1) is 17.4. The highest BCUT2D eigenvalue weighted by Gasteiger charge is 2.32. The zero-order chi connectivity index (χ0) is 17.3. The van der Waals surface area contributed by atoms with Crippen LogP contribution in [-0.2, 0) is 16.4 Å². The highest BCUT2D eigenvalue weighted by molar-refractivity contribution is 7.91. The minimum atomic E-state index is -2.91. The highest BCUT2D eigenvalue weighted by Crippen LogP contribution is 2.29. The van der Waals surface area contributed by atoms with Crippen molar-refractivity contribution < 1.29 is 12.8 Å². The Morgan fingerprint density at radius 3 is 2.83 bits per heavy atom. The van der Waals surface area contributed by atoms with Gasteiger partial charge in [0.15, 0.2) is 9.84 Å². The summed E-state index contributed by atoms with van der Waals surface area (Å²) in [6.07, 6.45) is 2.48. The predicted molar refractivity (Wildman–Crippen MR) is 97.0 cm³/mol. The normalized spacial score (nSPS) is 19.9. The number of nitrogens with zero attached hydrogens (tertiary/aromatic N) is 2. The van der Waals surface area contributed by atoms with E-state index >= 15 is 0 Å². The van der Waals surface area contributed by atoms with E-state index in [1.54, 1.807) is 11.3 Å². The van der Waals surface area contributed by atoms with E-state index in [9.17, 15) is 8.42 Å². The van der Waals surface area contributed by atoms with Crippen molar-refractivity contribution in [2.24, 2.45) is 0 Å². The summed E-state index contributed by atoms with van der Waals surface area (Å²) in [5.41, 5.74) is 0.863. The third kappa shape index (κ3) is 3.79. The molecule has 0 saturated carbocycles. The Kier molecular flexibility index (Phi) is 4.94. The molecule has 1 fully saturated rings. The Bertz CT molecular complexity index is 836. The molecule has 1 saturated heterocycles. The average molecular weight is 367 g/mol. The van der Waals surface area contributed by atoms with Gasteiger partial charge in [-0.15, -0.1) is 17.9 Å². The monoisotopic (exact) mass is 366 g/mol. The molecule has 7 heteroatoms. The molecule has 2 aromatic heterocycles. The van der Waals surface area contributed by atoms with E-state index < -0.39 is 9.84 Å². The Hall–Kier alpha value is -1.44. The first-order valence-electron chi connectivity index (χ1n) is 7.96. The zero-order valence-corrected chi connectivity index (χ0v) is 15.6. The van der Waals surface area contributed by atoms with Crippen LogP contribution in [0.5, 0.6) is 0 Å². The van der Waals surface area contributed by atoms with Gasteiger partial charge in [0.25, 0.3) is 0 Å². The second-order valence-corrected chi connectivity index (χ2v) is 9.72. The number of oxazole rings is 1. The van der Waals surface area contributed by atoms with E-state index in [1.165, 1.54) is 4.88 Å². The molecule has 1 aliphatic rings. The second-order valence-electron chi connectivity index (χ2n) is 6.21. The van der Waals surface area contributed by atoms with Gasteiger partial charge in [-0.2, -0.15) is 0 Å². The van der Waals surface area contributed by atoms with Crippen molar-refractivity contribution >= 4 is 21.2 Å². The van der Waals surface area contributed by atoms with Gasteiger partial charge in [-0.05, 0) is 32.4 Å². The fraction of sp³-hybridized carbons (Fsp3) is 0.471. The molecule has 24 heavy (non-hydrogen) atoms. The minimum Gasteiger partial charge on any atom is -0.440 e. The zero-order valence-electron chi connectivity index (χ0n) is 14.0. The minimum absolute atomic E-state index is 0.0246. The van der Waals surface area contributed by atoms with Gasteiger partial charge < -0.3 is 4.42 Å². The summed E-state index contributed by atoms with van der Waals surface area (Å²) >= 11 is 1.65. The number of hydrogen-bond donors (Lipinski definition) is 0. The lowest BCUT2D eigenvalue weighted by Crippen LogP contribution is -2.36. The van der Waals surface area contributed by atoms with E-state index in [2.05, 4.69) is 23.4 Å². The lowest BCUT2D eigenvalue weighted by Gasteiger charge is -2.25. The fourth-order valence-electron chi connectivity index (χ4n) is 2.99. The molecule has 0 N–H and O–H groups in total. The lowest BCUT2D eigenvalue weighted by atomic mass is 10.2. The standard InChI is InChI=1S/C17H22N2O3S2/c1-4-8-19(14-7-9-24(20,21)11-14)10-15-13(3)22-17(18-15)16-6-5-12(2)23-16/h4-6,14H,1,7-11H2,2-3H3/t14-/m0/s1. The number of hydrogen-bond acceptors (Lipinski definition) is 6. The van der Waals surface area contributed by atoms with Gasteiger partial charge in [0, 0.05) is 24.0 Å². The SMILES string of the molecule is C=CCN(Cc1nc(-c2ccc(C)s2)oc1C)[C@H]1CCS(=O)(=O)C1. The van der Waals surface area contributed by atoms with Gasteiger partial charge in [0.05, 0.1) is 22.1 Å². The summed E-state index contributed by atoms with van der Waals surface area (Å²) in [5, 5.41) is 0. The topological polar surface area (TPSA) is 63.4 Å². The van der Waals surface area contributed by atoms with Crippen molar-refractivity contribution in [1.82, 2.24) is 9.88 Å². The van der Waals surface area contributed by atoms with Gasteiger partial charge in [0.2, 0.25) is 5.89 Å². The van der Waals surface area contributed by atoms with E-state index in [-0.39, 0.29) is 17.5 Å². The van der Waals surface area contributed by atoms with Crippen LogP contribution < -0.4 is 0 Å². The molecule has 0 aliphatic carbocycles. The summed E-state index contributed by atoms with van der Waals surface area (Å²) in [7, 11) is -2.91. The molecule has 3 heterocycles. The number of aromatic nitrogens is 1. The van der Waals surface area contributed by atoms with Crippen molar-refractivity contribution in [3.05, 3.63) is 41.1 Å². The second kappa shape index (κ2) is 6.82. The van der Waals surface area contributed by atoms with Gasteiger partial charge >= 0.3 is 0 Å². The third-order valence-electron chi connectivity index (χ3n) is 4.29. The van der Waals surface area contributed by atoms with Crippen molar-refractivity contribution in [2.45, 2.75) is 32.9 Å². The van der Waals surface area contributed by atoms with Crippen LogP contribution in [0.3, 0.4) is 0 Å². The molecule has 5 nitrogen and oxygen atoms in total. The summed E-state index contributed by atoms with van der Waals surface area (Å²) in [4.78, 5) is 9.00.